The van der Waals surface area contributed by atoms with Gasteiger partial charge < -0.3 is 51.5 Å². The smallest absolute Gasteiger partial charge is 0.256 e. The van der Waals surface area contributed by atoms with Crippen molar-refractivity contribution in [1.29, 1.82) is 0 Å². The molecule has 5 fully saturated rings. The lowest BCUT2D eigenvalue weighted by Gasteiger charge is -2.36. The lowest BCUT2D eigenvalue weighted by Crippen LogP contribution is -2.56. The molecule has 8 atom stereocenters. The zero-order valence-corrected chi connectivity index (χ0v) is 47.8. The van der Waals surface area contributed by atoms with Crippen molar-refractivity contribution in [3.05, 3.63) is 83.9 Å². The van der Waals surface area contributed by atoms with Crippen molar-refractivity contribution < 1.29 is 28.8 Å². The Labute approximate surface area is 464 Å². The Bertz CT molecular complexity index is 2790. The summed E-state index contributed by atoms with van der Waals surface area (Å²) in [4.78, 5) is 96.5. The maximum atomic E-state index is 14.9. The molecule has 5 heterocycles. The van der Waals surface area contributed by atoms with Crippen LogP contribution in [0, 0.1) is 10.8 Å². The van der Waals surface area contributed by atoms with Gasteiger partial charge >= 0.3 is 0 Å². The maximum absolute atomic E-state index is 14.9. The highest BCUT2D eigenvalue weighted by Gasteiger charge is 2.56. The second kappa shape index (κ2) is 22.5. The topological polar surface area (TPSA) is 188 Å². The monoisotopic (exact) mass is 1110 g/mol. The standard InChI is InChI=1S/C56H70N10O6S4/c1-31(57-7)49(73)59-39-21-27-75-41-29-55(3,4)45(65(41)53(39)71)47(67)61-43-35-15-11-9-13-33(35)17-19-37(43)51(69)63-23-25-64(26-24-63)52(70)38-20-18-34-14-10-12-16-36(34)44(38)62-48(68)46-56(5,6)30-42-66(46)54(72)40(22-28-76-42)60-50(74)32(2)58-8/h9-20,31-32,39-42,45-46,57-58H,21-30H2,1-8H3,(H,59,73)(H,60,74)(H,61,67)(H,62,68)/t31-,32-,39-,40-,41-,42-,45+,46+/m0/s1. The summed E-state index contributed by atoms with van der Waals surface area (Å²) in [5.74, 6) is -0.255. The number of carbonyl (C=O) groups is 6. The summed E-state index contributed by atoms with van der Waals surface area (Å²) >= 11 is 14.6. The van der Waals surface area contributed by atoms with Crippen LogP contribution in [0.5, 0.6) is 0 Å². The molecule has 0 bridgehead atoms. The van der Waals surface area contributed by atoms with Gasteiger partial charge in [0.1, 0.15) is 24.2 Å². The third-order valence-corrected chi connectivity index (χ3v) is 19.5. The number of hydrogen-bond donors (Lipinski definition) is 6. The number of hydrogen-bond acceptors (Lipinski definition) is 12. The minimum Gasteiger partial charge on any atom is -0.367 e. The highest BCUT2D eigenvalue weighted by Crippen LogP contribution is 2.48. The number of benzene rings is 4. The number of rotatable bonds is 12. The number of nitrogens with zero attached hydrogens (tertiary/aromatic N) is 4. The maximum Gasteiger partial charge on any atom is 0.256 e. The van der Waals surface area contributed by atoms with Gasteiger partial charge in [0.2, 0.25) is 23.6 Å². The van der Waals surface area contributed by atoms with E-state index in [1.165, 1.54) is 0 Å². The van der Waals surface area contributed by atoms with Gasteiger partial charge in [0.05, 0.1) is 55.3 Å². The van der Waals surface area contributed by atoms with E-state index >= 15 is 0 Å². The van der Waals surface area contributed by atoms with Crippen LogP contribution in [-0.2, 0) is 19.2 Å². The van der Waals surface area contributed by atoms with Gasteiger partial charge in [-0.1, -0.05) is 113 Å². The highest BCUT2D eigenvalue weighted by molar-refractivity contribution is 8.00. The van der Waals surface area contributed by atoms with Crippen molar-refractivity contribution in [3.63, 3.8) is 0 Å². The first-order valence-electron chi connectivity index (χ1n) is 26.3. The van der Waals surface area contributed by atoms with Crippen LogP contribution in [0.1, 0.15) is 87.9 Å². The van der Waals surface area contributed by atoms with Crippen LogP contribution >= 0.6 is 48.0 Å². The van der Waals surface area contributed by atoms with Gasteiger partial charge in [0, 0.05) is 37.0 Å². The molecule has 6 N–H and O–H groups in total. The molecule has 0 aromatic heterocycles. The quantitative estimate of drug-likeness (QED) is 0.0852. The largest absolute Gasteiger partial charge is 0.367 e. The number of thioether (sulfide) groups is 2. The Balaban J connectivity index is 0.940. The lowest BCUT2D eigenvalue weighted by atomic mass is 9.84. The van der Waals surface area contributed by atoms with Crippen LogP contribution in [0.3, 0.4) is 0 Å². The average Bonchev–Trinajstić information content (AvgIpc) is 3.73. The first-order chi connectivity index (χ1) is 36.2. The lowest BCUT2D eigenvalue weighted by molar-refractivity contribution is -0.140. The molecular formula is C56H70N10O6S4. The molecule has 20 heteroatoms. The first kappa shape index (κ1) is 55.4. The minimum absolute atomic E-state index is 0.140. The number of nitrogens with one attached hydrogen (secondary N) is 6. The molecule has 9 rings (SSSR count). The van der Waals surface area contributed by atoms with E-state index in [2.05, 4.69) is 31.9 Å². The highest BCUT2D eigenvalue weighted by atomic mass is 32.2. The molecule has 4 aromatic rings. The Morgan fingerprint density at radius 3 is 1.32 bits per heavy atom. The fraction of sp³-hybridized carbons (Fsp3) is 0.500. The zero-order chi connectivity index (χ0) is 54.4. The van der Waals surface area contributed by atoms with Crippen molar-refractivity contribution in [2.75, 3.05) is 62.4 Å². The van der Waals surface area contributed by atoms with Gasteiger partial charge in [-0.05, 0) is 98.9 Å². The van der Waals surface area contributed by atoms with Crippen LogP contribution in [0.15, 0.2) is 72.8 Å². The molecule has 76 heavy (non-hydrogen) atoms. The average molecular weight is 1110 g/mol. The Morgan fingerprint density at radius 1 is 0.579 bits per heavy atom. The molecule has 16 nitrogen and oxygen atoms in total. The molecule has 0 saturated carbocycles. The number of fused-ring (bicyclic) bond motifs is 4. The predicted molar refractivity (Wildman–Crippen MR) is 313 cm³/mol. The van der Waals surface area contributed by atoms with Crippen LogP contribution < -0.4 is 31.9 Å². The van der Waals surface area contributed by atoms with Crippen molar-refractivity contribution in [2.24, 2.45) is 10.8 Å². The fourth-order valence-corrected chi connectivity index (χ4v) is 15.2. The second-order valence-corrected chi connectivity index (χ2v) is 25.5. The fourth-order valence-electron chi connectivity index (χ4n) is 11.6. The van der Waals surface area contributed by atoms with E-state index < -0.39 is 35.0 Å². The molecule has 5 saturated heterocycles. The van der Waals surface area contributed by atoms with Crippen LogP contribution in [-0.4, -0.2) is 164 Å². The molecule has 0 unspecified atom stereocenters. The Morgan fingerprint density at radius 2 is 0.947 bits per heavy atom. The number of anilines is 2. The molecule has 4 aromatic carbocycles. The molecular weight excluding hydrogens is 1040 g/mol. The summed E-state index contributed by atoms with van der Waals surface area (Å²) in [6.07, 6.45) is 2.37. The van der Waals surface area contributed by atoms with Crippen LogP contribution in [0.25, 0.3) is 21.5 Å². The molecule has 6 amide bonds. The SMILES string of the molecule is CN[C@@H](C)C(=S)N[C@H]1CCS[C@H]2CC(C)(C)[C@@H](C(=O)Nc3c(C(=O)N4CCN(C(=O)c5ccc6ccccc6c5NC(=O)[C@H]5N6C(=O)[C@@H](NC(=S)[C@H](C)NC)CCS[C@H]6CC5(C)C)CC4)ccc4ccccc34)N2C1=O. The molecule has 0 radical (unpaired) electrons. The van der Waals surface area contributed by atoms with E-state index in [1.54, 1.807) is 55.3 Å². The van der Waals surface area contributed by atoms with Gasteiger partial charge in [-0.15, -0.1) is 23.5 Å². The molecule has 0 aliphatic carbocycles. The second-order valence-electron chi connectivity index (χ2n) is 22.0. The molecule has 0 spiro atoms. The minimum atomic E-state index is -0.833. The van der Waals surface area contributed by atoms with Crippen molar-refractivity contribution >= 4 is 126 Å². The van der Waals surface area contributed by atoms with Gasteiger partial charge in [-0.3, -0.25) is 28.8 Å². The van der Waals surface area contributed by atoms with Crippen LogP contribution in [0.2, 0.25) is 0 Å². The third kappa shape index (κ3) is 10.8. The Hall–Kier alpha value is -5.38. The number of likely N-dealkylation sites (N-methyl/N-ethyl adjacent to an activating group) is 2. The summed E-state index contributed by atoms with van der Waals surface area (Å²) in [7, 11) is 3.63. The molecule has 5 aliphatic heterocycles. The Kier molecular flexibility index (Phi) is 16.4. The summed E-state index contributed by atoms with van der Waals surface area (Å²) in [6, 6.07) is 19.3. The van der Waals surface area contributed by atoms with E-state index in [0.717, 1.165) is 22.3 Å². The van der Waals surface area contributed by atoms with E-state index in [9.17, 15) is 28.8 Å². The first-order valence-corrected chi connectivity index (χ1v) is 29.2. The number of thiocarbonyl (C=S) groups is 2. The van der Waals surface area contributed by atoms with Gasteiger partial charge in [0.25, 0.3) is 11.8 Å². The van der Waals surface area contributed by atoms with Crippen LogP contribution in [0.4, 0.5) is 11.4 Å². The van der Waals surface area contributed by atoms with Crippen molar-refractivity contribution in [1.82, 2.24) is 40.9 Å². The molecule has 404 valence electrons. The van der Waals surface area contributed by atoms with Gasteiger partial charge in [-0.2, -0.15) is 0 Å². The molecule has 5 aliphatic rings. The summed E-state index contributed by atoms with van der Waals surface area (Å²) in [6.45, 7) is 12.7. The van der Waals surface area contributed by atoms with E-state index in [4.69, 9.17) is 24.4 Å². The summed E-state index contributed by atoms with van der Waals surface area (Å²) in [5, 5.41) is 21.8. The number of carbonyl (C=O) groups excluding carboxylic acids is 6. The zero-order valence-electron chi connectivity index (χ0n) is 44.5. The van der Waals surface area contributed by atoms with Crippen molar-refractivity contribution in [2.45, 2.75) is 114 Å². The third-order valence-electron chi connectivity index (χ3n) is 16.0. The van der Waals surface area contributed by atoms with Gasteiger partial charge in [0.15, 0.2) is 0 Å². The summed E-state index contributed by atoms with van der Waals surface area (Å²) in [5.41, 5.74) is 0.157. The normalized spacial score (nSPS) is 24.9. The van der Waals surface area contributed by atoms with Crippen molar-refractivity contribution in [3.8, 4) is 0 Å². The van der Waals surface area contributed by atoms with E-state index in [1.807, 2.05) is 116 Å². The number of piperazine rings is 1. The summed E-state index contributed by atoms with van der Waals surface area (Å²) < 4.78 is 0. The predicted octanol–water partition coefficient (Wildman–Crippen LogP) is 6.44. The number of amides is 6. The van der Waals surface area contributed by atoms with E-state index in [-0.39, 0.29) is 84.5 Å². The van der Waals surface area contributed by atoms with E-state index in [0.29, 0.717) is 68.9 Å². The van der Waals surface area contributed by atoms with Gasteiger partial charge in [-0.25, -0.2) is 0 Å².